The molecule has 0 aliphatic rings. The first kappa shape index (κ1) is 16.7. The summed E-state index contributed by atoms with van der Waals surface area (Å²) in [5, 5.41) is 7.59. The number of nitrogens with one attached hydrogen (secondary N) is 2. The van der Waals surface area contributed by atoms with Crippen LogP contribution in [0.15, 0.2) is 85.1 Å². The highest BCUT2D eigenvalue weighted by molar-refractivity contribution is 6.02. The molecule has 4 nitrogen and oxygen atoms in total. The first-order valence-electron chi connectivity index (χ1n) is 8.80. The summed E-state index contributed by atoms with van der Waals surface area (Å²) in [6.07, 6.45) is 5.67. The second-order valence-electron chi connectivity index (χ2n) is 6.32. The van der Waals surface area contributed by atoms with Crippen LogP contribution in [0, 0.1) is 0 Å². The summed E-state index contributed by atoms with van der Waals surface area (Å²) in [5.41, 5.74) is 15.7. The number of hydrogen-bond acceptors (Lipinski definition) is 3. The first-order chi connectivity index (χ1) is 13.2. The molecule has 27 heavy (non-hydrogen) atoms. The number of anilines is 3. The lowest BCUT2D eigenvalue weighted by molar-refractivity contribution is -0.344. The van der Waals surface area contributed by atoms with Gasteiger partial charge in [-0.25, -0.2) is 4.99 Å². The Hall–Kier alpha value is -3.79. The molecule has 0 radical (unpaired) electrons. The summed E-state index contributed by atoms with van der Waals surface area (Å²) in [7, 11) is 0. The van der Waals surface area contributed by atoms with Crippen molar-refractivity contribution in [2.75, 3.05) is 16.8 Å². The third-order valence-corrected chi connectivity index (χ3v) is 4.54. The molecule has 0 unspecified atom stereocenters. The molecule has 0 spiro atoms. The van der Waals surface area contributed by atoms with E-state index in [1.165, 1.54) is 0 Å². The molecule has 4 heteroatoms. The molecule has 132 valence electrons. The number of benzene rings is 4. The number of rotatable bonds is 4. The van der Waals surface area contributed by atoms with Crippen molar-refractivity contribution in [1.29, 1.82) is 0 Å². The van der Waals surface area contributed by atoms with Gasteiger partial charge in [-0.2, -0.15) is 0 Å². The zero-order valence-electron chi connectivity index (χ0n) is 14.8. The van der Waals surface area contributed by atoms with E-state index in [9.17, 15) is 0 Å². The van der Waals surface area contributed by atoms with Crippen molar-refractivity contribution in [3.8, 4) is 0 Å². The summed E-state index contributed by atoms with van der Waals surface area (Å²) < 4.78 is 0. The van der Waals surface area contributed by atoms with Gasteiger partial charge in [-0.05, 0) is 29.0 Å². The fourth-order valence-electron chi connectivity index (χ4n) is 3.30. The van der Waals surface area contributed by atoms with Gasteiger partial charge in [-0.1, -0.05) is 48.5 Å². The fourth-order valence-corrected chi connectivity index (χ4v) is 3.30. The number of hydrogen-bond donors (Lipinski definition) is 4. The van der Waals surface area contributed by atoms with Crippen LogP contribution in [0.2, 0.25) is 0 Å². The molecule has 0 amide bonds. The van der Waals surface area contributed by atoms with Gasteiger partial charge in [0.15, 0.2) is 6.21 Å². The molecule has 6 N–H and O–H groups in total. The third-order valence-electron chi connectivity index (χ3n) is 4.54. The summed E-state index contributed by atoms with van der Waals surface area (Å²) >= 11 is 0. The molecule has 0 saturated carbocycles. The largest absolute Gasteiger partial charge is 0.398 e. The zero-order valence-corrected chi connectivity index (χ0v) is 14.8. The van der Waals surface area contributed by atoms with Crippen LogP contribution in [0.1, 0.15) is 0 Å². The highest BCUT2D eigenvalue weighted by atomic mass is 14.8. The summed E-state index contributed by atoms with van der Waals surface area (Å²) in [6.45, 7) is 0. The highest BCUT2D eigenvalue weighted by Gasteiger charge is 2.06. The van der Waals surface area contributed by atoms with E-state index in [2.05, 4.69) is 34.6 Å². The van der Waals surface area contributed by atoms with E-state index in [0.717, 1.165) is 44.3 Å². The van der Waals surface area contributed by atoms with E-state index < -0.39 is 0 Å². The Bertz CT molecular complexity index is 1170. The molecule has 4 aromatic rings. The molecule has 4 rings (SSSR count). The number of allylic oxidation sites excluding steroid dienone is 1. The Kier molecular flexibility index (Phi) is 4.45. The molecular weight excluding hydrogens is 332 g/mol. The van der Waals surface area contributed by atoms with Gasteiger partial charge in [0.25, 0.3) is 0 Å². The van der Waals surface area contributed by atoms with Crippen LogP contribution in [0.3, 0.4) is 0 Å². The van der Waals surface area contributed by atoms with Crippen LogP contribution in [0.25, 0.3) is 21.5 Å². The maximum absolute atomic E-state index is 6.13. The number of nitrogen functional groups attached to an aromatic ring is 2. The second-order valence-corrected chi connectivity index (χ2v) is 6.32. The van der Waals surface area contributed by atoms with Gasteiger partial charge in [0, 0.05) is 40.8 Å². The van der Waals surface area contributed by atoms with Crippen LogP contribution in [0.4, 0.5) is 22.7 Å². The van der Waals surface area contributed by atoms with E-state index >= 15 is 0 Å². The average Bonchev–Trinajstić information content (AvgIpc) is 2.68. The minimum Gasteiger partial charge on any atom is -0.398 e. The monoisotopic (exact) mass is 353 g/mol. The molecule has 0 aromatic heterocycles. The SMILES string of the molecule is Nc1cccc2cccc(N/C=C\C=[NH+]c3cccc4cccc(N)c34)c12. The normalized spacial score (nSPS) is 11.7. The summed E-state index contributed by atoms with van der Waals surface area (Å²) in [5.74, 6) is 0. The molecule has 0 bridgehead atoms. The average molecular weight is 353 g/mol. The van der Waals surface area contributed by atoms with Crippen LogP contribution < -0.4 is 21.8 Å². The maximum Gasteiger partial charge on any atom is 0.213 e. The Labute approximate surface area is 157 Å². The van der Waals surface area contributed by atoms with Crippen molar-refractivity contribution >= 4 is 50.5 Å². The van der Waals surface area contributed by atoms with Crippen molar-refractivity contribution < 1.29 is 4.99 Å². The predicted molar refractivity (Wildman–Crippen MR) is 116 cm³/mol. The number of nitrogens with two attached hydrogens (primary N) is 2. The van der Waals surface area contributed by atoms with E-state index in [-0.39, 0.29) is 0 Å². The lowest BCUT2D eigenvalue weighted by Gasteiger charge is -2.08. The van der Waals surface area contributed by atoms with E-state index in [4.69, 9.17) is 11.5 Å². The van der Waals surface area contributed by atoms with Gasteiger partial charge >= 0.3 is 0 Å². The lowest BCUT2D eigenvalue weighted by Crippen LogP contribution is -2.61. The molecular formula is C23H21N4+. The minimum atomic E-state index is 0.761. The Morgan fingerprint density at radius 2 is 1.30 bits per heavy atom. The van der Waals surface area contributed by atoms with Crippen LogP contribution in [0.5, 0.6) is 0 Å². The van der Waals surface area contributed by atoms with Crippen molar-refractivity contribution in [2.45, 2.75) is 0 Å². The molecule has 0 fully saturated rings. The Balaban J connectivity index is 1.56. The van der Waals surface area contributed by atoms with Crippen LogP contribution >= 0.6 is 0 Å². The van der Waals surface area contributed by atoms with Gasteiger partial charge in [0.1, 0.15) is 0 Å². The van der Waals surface area contributed by atoms with Gasteiger partial charge < -0.3 is 16.8 Å². The smallest absolute Gasteiger partial charge is 0.213 e. The van der Waals surface area contributed by atoms with Gasteiger partial charge in [0.2, 0.25) is 5.69 Å². The maximum atomic E-state index is 6.13. The Morgan fingerprint density at radius 1 is 0.704 bits per heavy atom. The second kappa shape index (κ2) is 7.22. The molecule has 0 saturated heterocycles. The van der Waals surface area contributed by atoms with Crippen molar-refractivity contribution in [1.82, 2.24) is 0 Å². The van der Waals surface area contributed by atoms with Crippen LogP contribution in [-0.4, -0.2) is 6.21 Å². The standard InChI is InChI=1S/C23H20N4/c24-18-10-1-6-16-8-3-12-20(22(16)18)26-14-5-15-27-21-13-4-9-17-7-2-11-19(25)23(17)21/h1-15,26H,24-25H2/p+1/b14-5-,27-15?. The fraction of sp³-hybridized carbons (Fsp3) is 0. The van der Waals surface area contributed by atoms with Crippen molar-refractivity contribution in [2.24, 2.45) is 0 Å². The minimum absolute atomic E-state index is 0.761. The number of fused-ring (bicyclic) bond motifs is 2. The highest BCUT2D eigenvalue weighted by Crippen LogP contribution is 2.28. The zero-order chi connectivity index (χ0) is 18.6. The third kappa shape index (κ3) is 3.33. The van der Waals surface area contributed by atoms with E-state index in [0.29, 0.717) is 0 Å². The summed E-state index contributed by atoms with van der Waals surface area (Å²) in [4.78, 5) is 3.31. The van der Waals surface area contributed by atoms with E-state index in [1.54, 1.807) is 0 Å². The molecule has 4 aromatic carbocycles. The predicted octanol–water partition coefficient (Wildman–Crippen LogP) is 3.57. The van der Waals surface area contributed by atoms with E-state index in [1.807, 2.05) is 67.0 Å². The first-order valence-corrected chi connectivity index (χ1v) is 8.80. The molecule has 0 atom stereocenters. The van der Waals surface area contributed by atoms with Crippen molar-refractivity contribution in [3.05, 3.63) is 85.1 Å². The quantitative estimate of drug-likeness (QED) is 0.335. The molecule has 0 heterocycles. The van der Waals surface area contributed by atoms with Gasteiger partial charge in [-0.3, -0.25) is 0 Å². The van der Waals surface area contributed by atoms with Crippen LogP contribution in [-0.2, 0) is 0 Å². The Morgan fingerprint density at radius 3 is 2.04 bits per heavy atom. The van der Waals surface area contributed by atoms with Crippen molar-refractivity contribution in [3.63, 3.8) is 0 Å². The lowest BCUT2D eigenvalue weighted by atomic mass is 10.1. The van der Waals surface area contributed by atoms with Gasteiger partial charge in [-0.15, -0.1) is 0 Å². The summed E-state index contributed by atoms with van der Waals surface area (Å²) in [6, 6.07) is 24.0. The molecule has 0 aliphatic carbocycles. The molecule has 0 aliphatic heterocycles. The topological polar surface area (TPSA) is 78.0 Å². The van der Waals surface area contributed by atoms with Gasteiger partial charge in [0.05, 0.1) is 5.39 Å².